The highest BCUT2D eigenvalue weighted by Gasteiger charge is 2.22. The molecule has 4 heteroatoms. The van der Waals surface area contributed by atoms with Crippen LogP contribution in [-0.4, -0.2) is 11.9 Å². The number of hydrogen-bond acceptors (Lipinski definition) is 2. The second-order valence-electron chi connectivity index (χ2n) is 4.01. The summed E-state index contributed by atoms with van der Waals surface area (Å²) in [6.07, 6.45) is 0.870. The normalized spacial score (nSPS) is 18.8. The van der Waals surface area contributed by atoms with Crippen molar-refractivity contribution in [2.24, 2.45) is 5.73 Å². The van der Waals surface area contributed by atoms with Gasteiger partial charge in [-0.25, -0.2) is 4.39 Å². The molecule has 16 heavy (non-hydrogen) atoms. The van der Waals surface area contributed by atoms with Gasteiger partial charge in [0, 0.05) is 23.7 Å². The number of carbonyl (C=O) groups excluding carboxylic acids is 1. The Kier molecular flexibility index (Phi) is 2.64. The number of hydrogen-bond donors (Lipinski definition) is 2. The van der Waals surface area contributed by atoms with Crippen molar-refractivity contribution in [3.8, 4) is 0 Å². The lowest BCUT2D eigenvalue weighted by Crippen LogP contribution is -2.30. The quantitative estimate of drug-likeness (QED) is 0.799. The predicted octanol–water partition coefficient (Wildman–Crippen LogP) is 1.90. The minimum Gasteiger partial charge on any atom is -0.381 e. The van der Waals surface area contributed by atoms with Gasteiger partial charge < -0.3 is 11.1 Å². The molecule has 2 rings (SSSR count). The lowest BCUT2D eigenvalue weighted by molar-refractivity contribution is -0.118. The van der Waals surface area contributed by atoms with Crippen LogP contribution in [0.25, 0.3) is 5.57 Å². The van der Waals surface area contributed by atoms with Gasteiger partial charge in [-0.15, -0.1) is 0 Å². The Morgan fingerprint density at radius 3 is 3.06 bits per heavy atom. The van der Waals surface area contributed by atoms with Crippen molar-refractivity contribution >= 4 is 17.2 Å². The number of fused-ring (bicyclic) bond motifs is 1. The third-order valence-electron chi connectivity index (χ3n) is 2.66. The molecular weight excluding hydrogens is 207 g/mol. The molecule has 0 saturated carbocycles. The zero-order valence-corrected chi connectivity index (χ0v) is 8.79. The smallest absolute Gasteiger partial charge is 0.219 e. The Morgan fingerprint density at radius 1 is 1.62 bits per heavy atom. The lowest BCUT2D eigenvalue weighted by atomic mass is 9.92. The number of halogens is 1. The average Bonchev–Trinajstić information content (AvgIpc) is 2.18. The number of anilines is 1. The maximum Gasteiger partial charge on any atom is 0.219 e. The van der Waals surface area contributed by atoms with Crippen molar-refractivity contribution in [3.63, 3.8) is 0 Å². The molecule has 0 spiro atoms. The average molecular weight is 220 g/mol. The van der Waals surface area contributed by atoms with Gasteiger partial charge in [0.2, 0.25) is 5.91 Å². The Labute approximate surface area is 93.1 Å². The molecule has 1 aromatic rings. The fourth-order valence-electron chi connectivity index (χ4n) is 1.98. The fraction of sp³-hybridized carbons (Fsp3) is 0.250. The van der Waals surface area contributed by atoms with Crippen LogP contribution in [0.3, 0.4) is 0 Å². The second kappa shape index (κ2) is 3.96. The second-order valence-corrected chi connectivity index (χ2v) is 4.01. The van der Waals surface area contributed by atoms with Crippen LogP contribution in [0.4, 0.5) is 10.1 Å². The third kappa shape index (κ3) is 2.05. The number of rotatable bonds is 2. The number of amides is 1. The summed E-state index contributed by atoms with van der Waals surface area (Å²) >= 11 is 0. The van der Waals surface area contributed by atoms with Crippen LogP contribution in [0, 0.1) is 5.82 Å². The highest BCUT2D eigenvalue weighted by atomic mass is 19.1. The van der Waals surface area contributed by atoms with Crippen molar-refractivity contribution in [1.29, 1.82) is 0 Å². The molecule has 84 valence electrons. The maximum absolute atomic E-state index is 13.0. The van der Waals surface area contributed by atoms with Crippen LogP contribution in [0.15, 0.2) is 24.8 Å². The molecule has 1 aliphatic heterocycles. The number of nitrogens with two attached hydrogens (primary N) is 1. The Morgan fingerprint density at radius 2 is 2.38 bits per heavy atom. The van der Waals surface area contributed by atoms with Crippen molar-refractivity contribution in [2.75, 3.05) is 5.32 Å². The molecule has 1 amide bonds. The Balaban J connectivity index is 2.26. The summed E-state index contributed by atoms with van der Waals surface area (Å²) in [6, 6.07) is 4.45. The van der Waals surface area contributed by atoms with Crippen LogP contribution < -0.4 is 11.1 Å². The number of primary amides is 1. The molecule has 1 aromatic carbocycles. The van der Waals surface area contributed by atoms with E-state index in [9.17, 15) is 9.18 Å². The highest BCUT2D eigenvalue weighted by molar-refractivity contribution is 5.81. The van der Waals surface area contributed by atoms with Gasteiger partial charge in [-0.1, -0.05) is 6.58 Å². The van der Waals surface area contributed by atoms with Gasteiger partial charge in [-0.2, -0.15) is 0 Å². The SMILES string of the molecule is C=C1C[C@@H](CC(N)=O)Nc2ccc(F)cc21. The van der Waals surface area contributed by atoms with Gasteiger partial charge in [0.25, 0.3) is 0 Å². The summed E-state index contributed by atoms with van der Waals surface area (Å²) in [7, 11) is 0. The van der Waals surface area contributed by atoms with Gasteiger partial charge >= 0.3 is 0 Å². The molecule has 3 N–H and O–H groups in total. The first-order valence-electron chi connectivity index (χ1n) is 5.09. The predicted molar refractivity (Wildman–Crippen MR) is 61.3 cm³/mol. The van der Waals surface area contributed by atoms with E-state index in [4.69, 9.17) is 5.73 Å². The van der Waals surface area contributed by atoms with Crippen LogP contribution >= 0.6 is 0 Å². The lowest BCUT2D eigenvalue weighted by Gasteiger charge is -2.27. The fourth-order valence-corrected chi connectivity index (χ4v) is 1.98. The van der Waals surface area contributed by atoms with E-state index in [1.165, 1.54) is 12.1 Å². The van der Waals surface area contributed by atoms with Crippen molar-refractivity contribution in [2.45, 2.75) is 18.9 Å². The number of nitrogens with one attached hydrogen (secondary N) is 1. The van der Waals surface area contributed by atoms with E-state index in [0.29, 0.717) is 6.42 Å². The summed E-state index contributed by atoms with van der Waals surface area (Å²) < 4.78 is 13.0. The minimum atomic E-state index is -0.351. The van der Waals surface area contributed by atoms with E-state index >= 15 is 0 Å². The number of benzene rings is 1. The van der Waals surface area contributed by atoms with Gasteiger partial charge in [-0.05, 0) is 30.2 Å². The summed E-state index contributed by atoms with van der Waals surface area (Å²) in [5.74, 6) is -0.633. The van der Waals surface area contributed by atoms with Crippen molar-refractivity contribution in [1.82, 2.24) is 0 Å². The molecule has 1 heterocycles. The monoisotopic (exact) mass is 220 g/mol. The molecule has 0 fully saturated rings. The summed E-state index contributed by atoms with van der Waals surface area (Å²) in [5, 5.41) is 3.16. The van der Waals surface area contributed by atoms with E-state index < -0.39 is 0 Å². The first kappa shape index (κ1) is 10.7. The number of carbonyl (C=O) groups is 1. The molecule has 1 atom stereocenters. The topological polar surface area (TPSA) is 55.1 Å². The summed E-state index contributed by atoms with van der Waals surface area (Å²) in [6.45, 7) is 3.90. The Hall–Kier alpha value is -1.84. The zero-order valence-electron chi connectivity index (χ0n) is 8.79. The zero-order chi connectivity index (χ0) is 11.7. The van der Waals surface area contributed by atoms with E-state index in [0.717, 1.165) is 16.8 Å². The van der Waals surface area contributed by atoms with Crippen LogP contribution in [0.5, 0.6) is 0 Å². The molecule has 0 bridgehead atoms. The maximum atomic E-state index is 13.0. The van der Waals surface area contributed by atoms with Crippen LogP contribution in [0.1, 0.15) is 18.4 Å². The first-order chi connectivity index (χ1) is 7.56. The first-order valence-corrected chi connectivity index (χ1v) is 5.09. The Bertz CT molecular complexity index is 456. The third-order valence-corrected chi connectivity index (χ3v) is 2.66. The van der Waals surface area contributed by atoms with E-state index in [2.05, 4.69) is 11.9 Å². The van der Waals surface area contributed by atoms with Crippen LogP contribution in [-0.2, 0) is 4.79 Å². The van der Waals surface area contributed by atoms with Gasteiger partial charge in [-0.3, -0.25) is 4.79 Å². The van der Waals surface area contributed by atoms with Crippen LogP contribution in [0.2, 0.25) is 0 Å². The van der Waals surface area contributed by atoms with Gasteiger partial charge in [0.15, 0.2) is 0 Å². The molecular formula is C12H13FN2O. The van der Waals surface area contributed by atoms with Gasteiger partial charge in [0.1, 0.15) is 5.82 Å². The molecule has 0 unspecified atom stereocenters. The largest absolute Gasteiger partial charge is 0.381 e. The summed E-state index contributed by atoms with van der Waals surface area (Å²) in [4.78, 5) is 10.8. The van der Waals surface area contributed by atoms with Crippen molar-refractivity contribution in [3.05, 3.63) is 36.2 Å². The molecule has 0 radical (unpaired) electrons. The van der Waals surface area contributed by atoms with Crippen molar-refractivity contribution < 1.29 is 9.18 Å². The van der Waals surface area contributed by atoms with E-state index in [-0.39, 0.29) is 24.2 Å². The summed E-state index contributed by atoms with van der Waals surface area (Å²) in [5.41, 5.74) is 7.56. The highest BCUT2D eigenvalue weighted by Crippen LogP contribution is 2.33. The van der Waals surface area contributed by atoms with E-state index in [1.807, 2.05) is 0 Å². The molecule has 0 saturated heterocycles. The van der Waals surface area contributed by atoms with Gasteiger partial charge in [0.05, 0.1) is 0 Å². The molecule has 0 aliphatic carbocycles. The van der Waals surface area contributed by atoms with E-state index in [1.54, 1.807) is 6.07 Å². The molecule has 1 aliphatic rings. The minimum absolute atomic E-state index is 0.0389. The molecule has 3 nitrogen and oxygen atoms in total. The standard InChI is InChI=1S/C12H13FN2O/c1-7-4-9(6-12(14)16)15-11-3-2-8(13)5-10(7)11/h2-3,5,9,15H,1,4,6H2,(H2,14,16)/t9-/m0/s1. The molecule has 0 aromatic heterocycles.